The number of carboxylic acid groups (broad SMARTS) is 1. The van der Waals surface area contributed by atoms with E-state index in [4.69, 9.17) is 29.4 Å². The Labute approximate surface area is 413 Å². The highest BCUT2D eigenvalue weighted by Gasteiger charge is 2.76. The molecule has 1 amide bonds. The molecule has 23 nitrogen and oxygen atoms in total. The van der Waals surface area contributed by atoms with Crippen LogP contribution in [-0.2, 0) is 59.0 Å². The number of carboxylic acids is 1. The van der Waals surface area contributed by atoms with E-state index in [0.29, 0.717) is 17.8 Å². The molecule has 3 aliphatic rings. The van der Waals surface area contributed by atoms with Crippen molar-refractivity contribution in [3.05, 3.63) is 74.9 Å². The number of allylic oxidation sites excluding steroid dienone is 1. The summed E-state index contributed by atoms with van der Waals surface area (Å²) in [7, 11) is 0. The lowest BCUT2D eigenvalue weighted by atomic mass is 9.75. The Hall–Kier alpha value is -7.27. The maximum absolute atomic E-state index is 13.9. The van der Waals surface area contributed by atoms with Gasteiger partial charge in [0, 0.05) is 43.0 Å². The molecule has 0 spiro atoms. The van der Waals surface area contributed by atoms with Gasteiger partial charge in [-0.05, 0) is 82.9 Å². The number of hydrogen-bond donors (Lipinski definition) is 7. The molecular weight excluding hydrogens is 943 g/mol. The van der Waals surface area contributed by atoms with Gasteiger partial charge in [-0.25, -0.2) is 24.4 Å². The van der Waals surface area contributed by atoms with Crippen molar-refractivity contribution in [3.8, 4) is 0 Å². The molecule has 1 unspecified atom stereocenters. The van der Waals surface area contributed by atoms with E-state index in [0.717, 1.165) is 39.5 Å². The Bertz CT molecular complexity index is 2740. The van der Waals surface area contributed by atoms with Crippen molar-refractivity contribution in [1.29, 1.82) is 0 Å². The van der Waals surface area contributed by atoms with Crippen LogP contribution in [0.1, 0.15) is 122 Å². The SMILES string of the molecule is C/C=C(/C)C(=O)O[C@H]1C(C)=C2C([C@@H]1OC(=O)CCCCCCC)[C@@](C)(OC(C)=O)C[C@H](OC(=O)CC[C@H](NC(=O)c1ccc(NCc3cnc4nc(N)[nH]c(=O)c4n3)cc1)C(=O)O)[C@@]1(O)[C@H]2OC(=O)[C@@]1(C)O. The van der Waals surface area contributed by atoms with Gasteiger partial charge in [0.1, 0.15) is 17.7 Å². The maximum Gasteiger partial charge on any atom is 0.341 e. The second-order valence-electron chi connectivity index (χ2n) is 18.6. The number of carbonyl (C=O) groups is 7. The Morgan fingerprint density at radius 1 is 0.972 bits per heavy atom. The molecular formula is C49H61N7O16. The summed E-state index contributed by atoms with van der Waals surface area (Å²) in [5.74, 6) is -8.56. The fourth-order valence-electron chi connectivity index (χ4n) is 9.44. The number of aliphatic hydroxyl groups is 2. The number of ether oxygens (including phenoxy) is 5. The third kappa shape index (κ3) is 11.3. The average Bonchev–Trinajstić information content (AvgIpc) is 3.65. The van der Waals surface area contributed by atoms with Crippen LogP contribution in [0.15, 0.2) is 58.1 Å². The van der Waals surface area contributed by atoms with E-state index in [1.54, 1.807) is 6.92 Å². The number of aromatic amines is 1. The van der Waals surface area contributed by atoms with Crippen molar-refractivity contribution < 1.29 is 72.6 Å². The van der Waals surface area contributed by atoms with E-state index in [1.165, 1.54) is 57.3 Å². The summed E-state index contributed by atoms with van der Waals surface area (Å²) in [5, 5.41) is 40.2. The molecule has 6 rings (SSSR count). The number of nitrogens with two attached hydrogens (primary N) is 1. The van der Waals surface area contributed by atoms with Gasteiger partial charge in [-0.2, -0.15) is 4.98 Å². The largest absolute Gasteiger partial charge is 0.480 e. The van der Waals surface area contributed by atoms with Crippen LogP contribution in [0.3, 0.4) is 0 Å². The Morgan fingerprint density at radius 2 is 1.65 bits per heavy atom. The fraction of sp³-hybridized carbons (Fsp3) is 0.531. The van der Waals surface area contributed by atoms with E-state index in [1.807, 2.05) is 6.92 Å². The van der Waals surface area contributed by atoms with Gasteiger partial charge in [0.05, 0.1) is 24.4 Å². The van der Waals surface area contributed by atoms with Crippen LogP contribution in [0.5, 0.6) is 0 Å². The highest BCUT2D eigenvalue weighted by atomic mass is 16.6. The lowest BCUT2D eigenvalue weighted by Crippen LogP contribution is -2.64. The first-order valence-corrected chi connectivity index (χ1v) is 23.6. The zero-order valence-corrected chi connectivity index (χ0v) is 41.1. The van der Waals surface area contributed by atoms with Gasteiger partial charge < -0.3 is 55.4 Å². The molecule has 0 bridgehead atoms. The number of nitrogens with one attached hydrogen (secondary N) is 3. The van der Waals surface area contributed by atoms with E-state index >= 15 is 0 Å². The summed E-state index contributed by atoms with van der Waals surface area (Å²) < 4.78 is 29.7. The number of benzene rings is 1. The number of aromatic nitrogens is 4. The summed E-state index contributed by atoms with van der Waals surface area (Å²) in [4.78, 5) is 120. The highest BCUT2D eigenvalue weighted by Crippen LogP contribution is 2.57. The standard InChI is InChI=1S/C49H61N7O16/c1-8-10-11-12-13-14-32(58)69-38-35-34(25(4)37(38)70-44(64)24(3)9-2)39-49(67,48(7,66)45(65)71-39)31(21-47(35,6)72-26(5)57)68-33(59)20-19-30(43(62)63)54-41(60)27-15-17-28(18-16-27)51-22-29-23-52-40-36(53-29)42(61)56-46(50)55-40/h9,15-18,23,30-31,35,37-39,51,66-67H,8,10-14,19-22H2,1-7H3,(H,54,60)(H,62,63)(H3,50,52,55,56,61)/b24-9-/t30-,31-,35?,37-,38-,39-,47-,48+,49+/m0/s1. The Kier molecular flexibility index (Phi) is 16.5. The maximum atomic E-state index is 13.9. The number of hydrogen-bond acceptors (Lipinski definition) is 20. The number of anilines is 2. The molecule has 1 aliphatic heterocycles. The minimum absolute atomic E-state index is 0.00850. The zero-order chi connectivity index (χ0) is 52.9. The molecule has 1 saturated carbocycles. The van der Waals surface area contributed by atoms with E-state index in [-0.39, 0.29) is 52.4 Å². The number of fused-ring (bicyclic) bond motifs is 4. The van der Waals surface area contributed by atoms with Gasteiger partial charge in [-0.15, -0.1) is 0 Å². The van der Waals surface area contributed by atoms with Crippen LogP contribution < -0.4 is 21.9 Å². The third-order valence-corrected chi connectivity index (χ3v) is 13.4. The number of amides is 1. The van der Waals surface area contributed by atoms with E-state index < -0.39 is 120 Å². The number of rotatable bonds is 20. The lowest BCUT2D eigenvalue weighted by Gasteiger charge is -2.41. The highest BCUT2D eigenvalue weighted by molar-refractivity contribution is 5.97. The van der Waals surface area contributed by atoms with Crippen molar-refractivity contribution >= 4 is 64.5 Å². The number of nitrogens with zero attached hydrogens (tertiary/aromatic N) is 3. The van der Waals surface area contributed by atoms with Crippen LogP contribution in [0.4, 0.5) is 11.6 Å². The van der Waals surface area contributed by atoms with Crippen LogP contribution in [-0.4, -0.2) is 124 Å². The van der Waals surface area contributed by atoms with Gasteiger partial charge >= 0.3 is 35.8 Å². The Balaban J connectivity index is 1.21. The number of unbranched alkanes of at least 4 members (excludes halogenated alkanes) is 4. The predicted molar refractivity (Wildman–Crippen MR) is 253 cm³/mol. The molecule has 388 valence electrons. The molecule has 0 radical (unpaired) electrons. The van der Waals surface area contributed by atoms with Gasteiger partial charge in [0.25, 0.3) is 11.5 Å². The van der Waals surface area contributed by atoms with Crippen molar-refractivity contribution in [1.82, 2.24) is 25.3 Å². The first kappa shape index (κ1) is 54.1. The summed E-state index contributed by atoms with van der Waals surface area (Å²) in [6, 6.07) is 4.25. The number of H-pyrrole nitrogens is 1. The molecule has 3 aromatic rings. The average molecular weight is 1000 g/mol. The molecule has 72 heavy (non-hydrogen) atoms. The molecule has 9 atom stereocenters. The minimum atomic E-state index is -2.85. The summed E-state index contributed by atoms with van der Waals surface area (Å²) in [5.41, 5.74) is -1.21. The molecule has 2 fully saturated rings. The molecule has 23 heteroatoms. The summed E-state index contributed by atoms with van der Waals surface area (Å²) >= 11 is 0. The summed E-state index contributed by atoms with van der Waals surface area (Å²) in [6.07, 6.45) is -1.61. The number of esters is 5. The Morgan fingerprint density at radius 3 is 2.31 bits per heavy atom. The molecule has 1 aromatic carbocycles. The van der Waals surface area contributed by atoms with E-state index in [2.05, 4.69) is 30.6 Å². The zero-order valence-electron chi connectivity index (χ0n) is 41.1. The molecule has 8 N–H and O–H groups in total. The second-order valence-corrected chi connectivity index (χ2v) is 18.6. The third-order valence-electron chi connectivity index (χ3n) is 13.4. The van der Waals surface area contributed by atoms with E-state index in [9.17, 15) is 53.7 Å². The number of carbonyl (C=O) groups excluding carboxylic acids is 6. The molecule has 1 saturated heterocycles. The van der Waals surface area contributed by atoms with Gasteiger partial charge in [0.2, 0.25) is 5.95 Å². The first-order valence-electron chi connectivity index (χ1n) is 23.6. The molecule has 2 aliphatic carbocycles. The smallest absolute Gasteiger partial charge is 0.341 e. The quantitative estimate of drug-likeness (QED) is 0.0281. The normalized spacial score (nSPS) is 26.1. The van der Waals surface area contributed by atoms with Gasteiger partial charge in [0.15, 0.2) is 40.7 Å². The van der Waals surface area contributed by atoms with Crippen LogP contribution >= 0.6 is 0 Å². The van der Waals surface area contributed by atoms with Crippen molar-refractivity contribution in [2.24, 2.45) is 5.92 Å². The van der Waals surface area contributed by atoms with Crippen molar-refractivity contribution in [3.63, 3.8) is 0 Å². The summed E-state index contributed by atoms with van der Waals surface area (Å²) in [6.45, 7) is 10.2. The first-order chi connectivity index (χ1) is 33.9. The predicted octanol–water partition coefficient (Wildman–Crippen LogP) is 3.01. The monoisotopic (exact) mass is 1000 g/mol. The molecule has 3 heterocycles. The minimum Gasteiger partial charge on any atom is -0.480 e. The fourth-order valence-corrected chi connectivity index (χ4v) is 9.44. The van der Waals surface area contributed by atoms with Gasteiger partial charge in [-0.3, -0.25) is 29.0 Å². The van der Waals surface area contributed by atoms with Crippen molar-refractivity contribution in [2.45, 2.75) is 160 Å². The van der Waals surface area contributed by atoms with Crippen LogP contribution in [0.2, 0.25) is 0 Å². The topological polar surface area (TPSA) is 348 Å². The lowest BCUT2D eigenvalue weighted by molar-refractivity contribution is -0.212. The van der Waals surface area contributed by atoms with Crippen LogP contribution in [0, 0.1) is 5.92 Å². The number of nitrogen functional groups attached to an aromatic ring is 1. The van der Waals surface area contributed by atoms with Crippen LogP contribution in [0.25, 0.3) is 11.2 Å². The molecule has 2 aromatic heterocycles. The van der Waals surface area contributed by atoms with Gasteiger partial charge in [-0.1, -0.05) is 38.7 Å². The second kappa shape index (κ2) is 22.0. The number of aliphatic carboxylic acids is 1. The van der Waals surface area contributed by atoms with Crippen molar-refractivity contribution in [2.75, 3.05) is 11.1 Å².